The van der Waals surface area contributed by atoms with Gasteiger partial charge in [0.05, 0.1) is 5.52 Å². The number of pyridine rings is 1. The molecule has 0 radical (unpaired) electrons. The standard InChI is InChI=1S/C25H25NSi/c1-25(2,3)27(21-13-6-4-7-14-21,22-15-8-5-9-16-22)24-19-18-20-12-10-11-17-23(20)26-24/h4-19H,1-3H3. The second kappa shape index (κ2) is 6.79. The van der Waals surface area contributed by atoms with E-state index in [1.54, 1.807) is 0 Å². The van der Waals surface area contributed by atoms with Crippen LogP contribution in [-0.4, -0.2) is 13.1 Å². The van der Waals surface area contributed by atoms with Crippen molar-refractivity contribution < 1.29 is 0 Å². The lowest BCUT2D eigenvalue weighted by atomic mass is 10.2. The summed E-state index contributed by atoms with van der Waals surface area (Å²) in [5.74, 6) is 0. The highest BCUT2D eigenvalue weighted by Crippen LogP contribution is 2.35. The first-order chi connectivity index (χ1) is 13.0. The Bertz CT molecular complexity index is 1010. The molecule has 0 unspecified atom stereocenters. The number of nitrogens with zero attached hydrogens (tertiary/aromatic N) is 1. The van der Waals surface area contributed by atoms with Crippen molar-refractivity contribution >= 4 is 34.7 Å². The molecule has 1 heterocycles. The fraction of sp³-hybridized carbons (Fsp3) is 0.160. The van der Waals surface area contributed by atoms with Crippen LogP contribution >= 0.6 is 0 Å². The molecule has 134 valence electrons. The Labute approximate surface area is 162 Å². The van der Waals surface area contributed by atoms with Crippen molar-refractivity contribution in [2.45, 2.75) is 25.8 Å². The first kappa shape index (κ1) is 17.7. The zero-order valence-electron chi connectivity index (χ0n) is 16.2. The third-order valence-corrected chi connectivity index (χ3v) is 11.2. The van der Waals surface area contributed by atoms with Gasteiger partial charge in [0.25, 0.3) is 0 Å². The molecule has 0 saturated heterocycles. The first-order valence-electron chi connectivity index (χ1n) is 9.51. The summed E-state index contributed by atoms with van der Waals surface area (Å²) in [5, 5.41) is 5.30. The molecular weight excluding hydrogens is 342 g/mol. The van der Waals surface area contributed by atoms with E-state index in [2.05, 4.69) is 118 Å². The average Bonchev–Trinajstić information content (AvgIpc) is 2.69. The van der Waals surface area contributed by atoms with Crippen molar-refractivity contribution in [1.29, 1.82) is 0 Å². The third-order valence-electron chi connectivity index (χ3n) is 5.52. The van der Waals surface area contributed by atoms with Crippen LogP contribution in [0.25, 0.3) is 10.9 Å². The molecule has 0 aliphatic carbocycles. The fourth-order valence-corrected chi connectivity index (χ4v) is 9.80. The Morgan fingerprint density at radius 3 is 1.67 bits per heavy atom. The van der Waals surface area contributed by atoms with Crippen LogP contribution < -0.4 is 15.7 Å². The molecule has 27 heavy (non-hydrogen) atoms. The Morgan fingerprint density at radius 2 is 1.11 bits per heavy atom. The van der Waals surface area contributed by atoms with Crippen LogP contribution in [0.1, 0.15) is 20.8 Å². The maximum absolute atomic E-state index is 5.23. The second-order valence-electron chi connectivity index (χ2n) is 8.12. The van der Waals surface area contributed by atoms with Crippen LogP contribution in [0.4, 0.5) is 0 Å². The van der Waals surface area contributed by atoms with Gasteiger partial charge in [0.2, 0.25) is 0 Å². The molecule has 0 aliphatic rings. The summed E-state index contributed by atoms with van der Waals surface area (Å²) < 4.78 is 0. The topological polar surface area (TPSA) is 12.9 Å². The molecule has 0 fully saturated rings. The van der Waals surface area contributed by atoms with Crippen LogP contribution in [0.15, 0.2) is 97.1 Å². The quantitative estimate of drug-likeness (QED) is 0.486. The summed E-state index contributed by atoms with van der Waals surface area (Å²) in [7, 11) is -2.35. The van der Waals surface area contributed by atoms with Crippen molar-refractivity contribution in [3.63, 3.8) is 0 Å². The van der Waals surface area contributed by atoms with E-state index in [1.165, 1.54) is 21.1 Å². The number of hydrogen-bond donors (Lipinski definition) is 0. The lowest BCUT2D eigenvalue weighted by Crippen LogP contribution is -2.72. The van der Waals surface area contributed by atoms with Crippen LogP contribution in [0.3, 0.4) is 0 Å². The minimum absolute atomic E-state index is 0.0607. The zero-order valence-corrected chi connectivity index (χ0v) is 17.2. The molecule has 0 spiro atoms. The van der Waals surface area contributed by atoms with Gasteiger partial charge in [0, 0.05) is 10.7 Å². The lowest BCUT2D eigenvalue weighted by molar-refractivity contribution is 0.738. The maximum Gasteiger partial charge on any atom is 0.176 e. The van der Waals surface area contributed by atoms with Crippen molar-refractivity contribution in [3.8, 4) is 0 Å². The Kier molecular flexibility index (Phi) is 4.45. The molecule has 0 saturated carbocycles. The lowest BCUT2D eigenvalue weighted by Gasteiger charge is -2.43. The summed E-state index contributed by atoms with van der Waals surface area (Å²) >= 11 is 0. The summed E-state index contributed by atoms with van der Waals surface area (Å²) in [6.07, 6.45) is 0. The molecule has 0 aliphatic heterocycles. The van der Waals surface area contributed by atoms with Crippen LogP contribution in [0, 0.1) is 0 Å². The van der Waals surface area contributed by atoms with Crippen LogP contribution in [-0.2, 0) is 0 Å². The van der Waals surface area contributed by atoms with Crippen LogP contribution in [0.5, 0.6) is 0 Å². The van der Waals surface area contributed by atoms with Crippen molar-refractivity contribution in [1.82, 2.24) is 4.98 Å². The molecule has 0 atom stereocenters. The minimum Gasteiger partial charge on any atom is -0.257 e. The SMILES string of the molecule is CC(C)(C)[Si](c1ccccc1)(c1ccccc1)c1ccc2ccccc2n1. The molecule has 1 nitrogen and oxygen atoms in total. The van der Waals surface area contributed by atoms with E-state index in [0.717, 1.165) is 5.52 Å². The van der Waals surface area contributed by atoms with E-state index >= 15 is 0 Å². The molecule has 0 amide bonds. The zero-order chi connectivity index (χ0) is 18.9. The van der Waals surface area contributed by atoms with E-state index in [1.807, 2.05) is 0 Å². The highest BCUT2D eigenvalue weighted by Gasteiger charge is 2.50. The van der Waals surface area contributed by atoms with E-state index in [-0.39, 0.29) is 5.04 Å². The smallest absolute Gasteiger partial charge is 0.176 e. The summed E-state index contributed by atoms with van der Waals surface area (Å²) in [6.45, 7) is 7.11. The van der Waals surface area contributed by atoms with Gasteiger partial charge in [-0.15, -0.1) is 0 Å². The highest BCUT2D eigenvalue weighted by atomic mass is 28.3. The van der Waals surface area contributed by atoms with Crippen molar-refractivity contribution in [2.24, 2.45) is 0 Å². The third kappa shape index (κ3) is 2.90. The van der Waals surface area contributed by atoms with Gasteiger partial charge >= 0.3 is 0 Å². The molecule has 4 rings (SSSR count). The molecule has 1 aromatic heterocycles. The van der Waals surface area contributed by atoms with Gasteiger partial charge in [-0.05, 0) is 27.5 Å². The predicted molar refractivity (Wildman–Crippen MR) is 119 cm³/mol. The summed E-state index contributed by atoms with van der Waals surface area (Å²) in [5.41, 5.74) is 1.07. The molecule has 2 heteroatoms. The van der Waals surface area contributed by atoms with Gasteiger partial charge in [-0.2, -0.15) is 0 Å². The molecular formula is C25H25NSi. The highest BCUT2D eigenvalue weighted by molar-refractivity contribution is 7.12. The normalized spacial score (nSPS) is 12.3. The number of para-hydroxylation sites is 1. The van der Waals surface area contributed by atoms with Gasteiger partial charge in [-0.3, -0.25) is 4.98 Å². The first-order valence-corrected chi connectivity index (χ1v) is 11.5. The van der Waals surface area contributed by atoms with Gasteiger partial charge in [-0.1, -0.05) is 106 Å². The molecule has 4 aromatic rings. The van der Waals surface area contributed by atoms with Crippen molar-refractivity contribution in [2.75, 3.05) is 0 Å². The monoisotopic (exact) mass is 367 g/mol. The number of rotatable bonds is 3. The van der Waals surface area contributed by atoms with E-state index < -0.39 is 8.07 Å². The Balaban J connectivity index is 2.11. The number of aromatic nitrogens is 1. The van der Waals surface area contributed by atoms with Gasteiger partial charge < -0.3 is 0 Å². The number of hydrogen-bond acceptors (Lipinski definition) is 1. The molecule has 3 aromatic carbocycles. The van der Waals surface area contributed by atoms with Gasteiger partial charge in [0.1, 0.15) is 0 Å². The minimum atomic E-state index is -2.35. The van der Waals surface area contributed by atoms with E-state index in [9.17, 15) is 0 Å². The Morgan fingerprint density at radius 1 is 0.593 bits per heavy atom. The largest absolute Gasteiger partial charge is 0.257 e. The molecule has 0 N–H and O–H groups in total. The average molecular weight is 368 g/mol. The predicted octanol–water partition coefficient (Wildman–Crippen LogP) is 4.51. The van der Waals surface area contributed by atoms with Crippen LogP contribution in [0.2, 0.25) is 5.04 Å². The van der Waals surface area contributed by atoms with E-state index in [4.69, 9.17) is 4.98 Å². The number of fused-ring (bicyclic) bond motifs is 1. The summed E-state index contributed by atoms with van der Waals surface area (Å²) in [4.78, 5) is 5.23. The van der Waals surface area contributed by atoms with E-state index in [0.29, 0.717) is 0 Å². The Hall–Kier alpha value is -2.71. The fourth-order valence-electron chi connectivity index (χ4n) is 4.36. The summed E-state index contributed by atoms with van der Waals surface area (Å²) in [6, 6.07) is 34.9. The van der Waals surface area contributed by atoms with Gasteiger partial charge in [-0.25, -0.2) is 0 Å². The maximum atomic E-state index is 5.23. The number of benzene rings is 3. The second-order valence-corrected chi connectivity index (χ2v) is 12.8. The van der Waals surface area contributed by atoms with Gasteiger partial charge in [0.15, 0.2) is 8.07 Å². The molecule has 0 bridgehead atoms. The van der Waals surface area contributed by atoms with Crippen molar-refractivity contribution in [3.05, 3.63) is 97.1 Å².